The first-order valence-electron chi connectivity index (χ1n) is 47.6. The highest BCUT2D eigenvalue weighted by Crippen LogP contribution is 2.76. The Labute approximate surface area is 772 Å². The number of hydrogen-bond acceptors (Lipinski definition) is 43. The largest absolute Gasteiger partial charge is 0.455 e. The number of carbonyl (C=O) groups is 2. The topological polar surface area (TPSA) is 677 Å². The number of carbonyl (C=O) groups excluding carboxylic acids is 2. The molecule has 13 rings (SSSR count). The molecule has 2 unspecified atom stereocenters. The fourth-order valence-electron chi connectivity index (χ4n) is 23.9. The molecule has 8 saturated heterocycles. The molecule has 4 saturated carbocycles. The zero-order valence-electron chi connectivity index (χ0n) is 77.1. The lowest BCUT2D eigenvalue weighted by atomic mass is 9.33. The van der Waals surface area contributed by atoms with Crippen molar-refractivity contribution in [1.82, 2.24) is 0 Å². The van der Waals surface area contributed by atoms with Crippen LogP contribution in [0.4, 0.5) is 0 Å². The summed E-state index contributed by atoms with van der Waals surface area (Å²) in [5.41, 5.74) is -7.23. The summed E-state index contributed by atoms with van der Waals surface area (Å²) >= 11 is 0. The van der Waals surface area contributed by atoms with Gasteiger partial charge in [0.25, 0.3) is 0 Å². The van der Waals surface area contributed by atoms with Gasteiger partial charge >= 0.3 is 11.9 Å². The lowest BCUT2D eigenvalue weighted by molar-refractivity contribution is -0.376. The highest BCUT2D eigenvalue weighted by atomic mass is 16.8. The van der Waals surface area contributed by atoms with Gasteiger partial charge in [-0.25, -0.2) is 4.79 Å². The van der Waals surface area contributed by atoms with Crippen LogP contribution in [-0.2, 0) is 90.1 Å². The minimum atomic E-state index is -2.18. The Morgan fingerprint density at radius 3 is 1.69 bits per heavy atom. The minimum absolute atomic E-state index is 0.0194. The molecule has 8 aliphatic heterocycles. The van der Waals surface area contributed by atoms with Gasteiger partial charge < -0.3 is 203 Å². The second-order valence-electron chi connectivity index (χ2n) is 41.8. The Bertz CT molecular complexity index is 3770. The summed E-state index contributed by atoms with van der Waals surface area (Å²) < 4.78 is 101. The Hall–Kier alpha value is -2.88. The van der Waals surface area contributed by atoms with E-state index in [-0.39, 0.29) is 44.6 Å². The number of esters is 2. The molecule has 0 bridgehead atoms. The molecule has 0 aromatic carbocycles. The SMILES string of the molecule is C[C@@H]1O[C@@H](OCCCCCCCC(O)CCCCCCC(O[C@@H]2OC[C@@H](O)[C@H](O)[C@H]2O)C(=O)O[C@@H]2[C@H](O)[C@@H](O[C@@H]3O[C@@H](C)[C@H](O[C@@H]4OC[C@@H](O[C@@H]5OC[C@](O)(CO)[C@H]5O)[C@H](O)[C@H]4O)[C@@H](O)[C@H]3O)[C@H](OC(=O)[C@]34CCC(C)(C)C[C@H]3C3=CC[C@@H]5[C@@]6(C)C[C@H](O)[C@H](O[C@@H]7O[C@H](CO[C@@H]8OC[C@H](O)[C@H](O)[C@H]8O)[C@@H](O)[C@H](O)[C@H]7O)[C@@](C)(CO)[C@@H]6CC[C@@]5(C)[C@]3(C)C[C@H]4O)O[C@@H]2C)[C@H](O)[C@H](O)[C@H]1O. The van der Waals surface area contributed by atoms with Crippen LogP contribution in [0.15, 0.2) is 11.6 Å². The van der Waals surface area contributed by atoms with Gasteiger partial charge in [0, 0.05) is 12.0 Å². The van der Waals surface area contributed by atoms with Crippen molar-refractivity contribution in [3.05, 3.63) is 11.6 Å². The van der Waals surface area contributed by atoms with E-state index in [1.54, 1.807) is 13.8 Å². The maximum absolute atomic E-state index is 16.4. The zero-order chi connectivity index (χ0) is 97.0. The predicted molar refractivity (Wildman–Crippen MR) is 448 cm³/mol. The average molecular weight is 1920 g/mol. The molecular formula is C90H150O43. The first kappa shape index (κ1) is 107. The third-order valence-electron chi connectivity index (χ3n) is 32.4. The molecule has 0 aromatic heterocycles. The number of aliphatic hydroxyl groups is 24. The molecular weight excluding hydrogens is 1770 g/mol. The fraction of sp³-hybridized carbons (Fsp3) is 0.956. The van der Waals surface area contributed by atoms with Crippen LogP contribution in [0.2, 0.25) is 0 Å². The summed E-state index contributed by atoms with van der Waals surface area (Å²) in [6.07, 6.45) is -52.3. The third kappa shape index (κ3) is 21.6. The van der Waals surface area contributed by atoms with E-state index in [1.807, 2.05) is 0 Å². The molecule has 13 aliphatic rings. The van der Waals surface area contributed by atoms with E-state index in [1.165, 1.54) is 13.8 Å². The lowest BCUT2D eigenvalue weighted by Crippen LogP contribution is -2.70. The van der Waals surface area contributed by atoms with Gasteiger partial charge in [0.1, 0.15) is 139 Å². The van der Waals surface area contributed by atoms with Crippen LogP contribution in [0.1, 0.15) is 191 Å². The molecule has 48 atom stereocenters. The van der Waals surface area contributed by atoms with Gasteiger partial charge in [0.2, 0.25) is 6.29 Å². The van der Waals surface area contributed by atoms with Gasteiger partial charge in [-0.2, -0.15) is 0 Å². The van der Waals surface area contributed by atoms with Crippen molar-refractivity contribution < 1.29 is 213 Å². The van der Waals surface area contributed by atoms with Crippen LogP contribution in [-0.4, -0.2) is 432 Å². The van der Waals surface area contributed by atoms with E-state index in [2.05, 4.69) is 40.7 Å². The van der Waals surface area contributed by atoms with Crippen LogP contribution in [0.5, 0.6) is 0 Å². The van der Waals surface area contributed by atoms with E-state index >= 15 is 9.59 Å². The van der Waals surface area contributed by atoms with Gasteiger partial charge in [-0.05, 0) is 137 Å². The summed E-state index contributed by atoms with van der Waals surface area (Å²) in [6.45, 7) is 12.8. The molecule has 0 amide bonds. The molecule has 43 nitrogen and oxygen atoms in total. The van der Waals surface area contributed by atoms with Crippen molar-refractivity contribution in [2.45, 2.75) is 436 Å². The maximum Gasteiger partial charge on any atom is 0.335 e. The fourth-order valence-corrected chi connectivity index (χ4v) is 23.9. The van der Waals surface area contributed by atoms with Crippen molar-refractivity contribution in [3.63, 3.8) is 0 Å². The molecule has 5 aliphatic carbocycles. The van der Waals surface area contributed by atoms with Crippen LogP contribution in [0, 0.1) is 50.2 Å². The van der Waals surface area contributed by atoms with E-state index in [9.17, 15) is 123 Å². The van der Waals surface area contributed by atoms with Crippen LogP contribution in [0.25, 0.3) is 0 Å². The van der Waals surface area contributed by atoms with Crippen LogP contribution in [0.3, 0.4) is 0 Å². The molecule has 768 valence electrons. The molecule has 43 heteroatoms. The van der Waals surface area contributed by atoms with Crippen LogP contribution < -0.4 is 0 Å². The summed E-state index contributed by atoms with van der Waals surface area (Å²) in [6, 6.07) is 0. The van der Waals surface area contributed by atoms with Crippen molar-refractivity contribution >= 4 is 11.9 Å². The highest BCUT2D eigenvalue weighted by Gasteiger charge is 2.74. The first-order chi connectivity index (χ1) is 62.6. The summed E-state index contributed by atoms with van der Waals surface area (Å²) in [4.78, 5) is 31.4. The maximum atomic E-state index is 16.4. The number of aliphatic hydroxyl groups excluding tert-OH is 23. The summed E-state index contributed by atoms with van der Waals surface area (Å²) in [7, 11) is 0. The van der Waals surface area contributed by atoms with Gasteiger partial charge in [-0.3, -0.25) is 4.79 Å². The number of rotatable bonds is 35. The van der Waals surface area contributed by atoms with Crippen LogP contribution >= 0.6 is 0 Å². The van der Waals surface area contributed by atoms with E-state index in [4.69, 9.17) is 80.5 Å². The molecule has 8 heterocycles. The van der Waals surface area contributed by atoms with E-state index in [0.717, 1.165) is 31.3 Å². The standard InChI is InChI=1S/C90H150O43/c1-39-54(98)59(103)65(109)76(123-39)117-28-18-14-10-11-15-19-42(93)20-16-12-13-17-21-48(126-77-63(107)56(100)47(96)33-119-77)74(114)129-70-41(3)125-81(71(68(70)112)131-79-67(111)61(105)69(40(2)124-79)130-78-64(108)58(102)50(35-121-78)128-82-72(113)89(116,37-92)38-122-82)133-83(115)90-27-26-84(4,5)29-44(90)43-22-23-52-85(6)30-45(94)73(86(7,36-91)51(85)24-25-87(52,8)88(43,9)31-53(90)97)132-80-66(110)60(104)57(101)49(127-80)34-120-75-62(106)55(99)46(95)32-118-75/h22,39-42,44-73,75-82,91-113,116H,10-21,23-38H2,1-9H3/t39-,40-,41+,42?,44-,45-,46-,47+,48?,49+,50+,51+,52+,53+,54-,55-,56-,57+,58-,59+,60-,61-,62+,63+,64+,65+,66+,67+,68-,69-,70-,71+,72-,73-,75-,76+,77-,78-,79-,80-,81-,82-,85-,86-,87+,88+,89+,90+/m0/s1. The predicted octanol–water partition coefficient (Wildman–Crippen LogP) is -5.24. The second-order valence-corrected chi connectivity index (χ2v) is 41.8. The Balaban J connectivity index is 0.711. The number of allylic oxidation sites excluding steroid dienone is 2. The molecule has 133 heavy (non-hydrogen) atoms. The van der Waals surface area contributed by atoms with Crippen molar-refractivity contribution in [2.75, 3.05) is 52.9 Å². The van der Waals surface area contributed by atoms with Crippen molar-refractivity contribution in [2.24, 2.45) is 50.2 Å². The van der Waals surface area contributed by atoms with Gasteiger partial charge in [-0.1, -0.05) is 105 Å². The molecule has 0 radical (unpaired) electrons. The Kier molecular flexibility index (Phi) is 35.3. The smallest absolute Gasteiger partial charge is 0.335 e. The number of ether oxygens (including phenoxy) is 17. The van der Waals surface area contributed by atoms with E-state index < -0.39 is 348 Å². The second kappa shape index (κ2) is 43.7. The van der Waals surface area contributed by atoms with Crippen molar-refractivity contribution in [3.8, 4) is 0 Å². The number of unbranched alkanes of at least 4 members (excludes halogenated alkanes) is 7. The monoisotopic (exact) mass is 1920 g/mol. The zero-order valence-corrected chi connectivity index (χ0v) is 77.1. The summed E-state index contributed by atoms with van der Waals surface area (Å²) in [5, 5.41) is 267. The van der Waals surface area contributed by atoms with Gasteiger partial charge in [0.15, 0.2) is 62.3 Å². The Morgan fingerprint density at radius 1 is 0.466 bits per heavy atom. The molecule has 12 fully saturated rings. The normalized spacial score (nSPS) is 49.9. The first-order valence-corrected chi connectivity index (χ1v) is 47.6. The minimum Gasteiger partial charge on any atom is -0.455 e. The highest BCUT2D eigenvalue weighted by molar-refractivity contribution is 5.80. The van der Waals surface area contributed by atoms with Gasteiger partial charge in [-0.15, -0.1) is 0 Å². The summed E-state index contributed by atoms with van der Waals surface area (Å²) in [5.74, 6) is -3.64. The van der Waals surface area contributed by atoms with E-state index in [0.29, 0.717) is 70.6 Å². The number of fused-ring (bicyclic) bond motifs is 7. The molecule has 0 aromatic rings. The van der Waals surface area contributed by atoms with Gasteiger partial charge in [0.05, 0.1) is 89.0 Å². The third-order valence-corrected chi connectivity index (χ3v) is 32.4. The van der Waals surface area contributed by atoms with Crippen molar-refractivity contribution in [1.29, 1.82) is 0 Å². The Morgan fingerprint density at radius 2 is 1.03 bits per heavy atom. The average Bonchev–Trinajstić information content (AvgIpc) is 0.869. The lowest BCUT2D eigenvalue weighted by Gasteiger charge is -2.72. The molecule has 24 N–H and O–H groups in total. The number of hydrogen-bond donors (Lipinski definition) is 24. The quantitative estimate of drug-likeness (QED) is 0.0122. The molecule has 0 spiro atoms.